The lowest BCUT2D eigenvalue weighted by Crippen LogP contribution is -2.52. The molecule has 0 aromatic heterocycles. The summed E-state index contributed by atoms with van der Waals surface area (Å²) in [6, 6.07) is -0.338. The van der Waals surface area contributed by atoms with E-state index < -0.39 is 0 Å². The van der Waals surface area contributed by atoms with Crippen LogP contribution in [-0.4, -0.2) is 82.9 Å². The average Bonchev–Trinajstić information content (AvgIpc) is 2.54. The van der Waals surface area contributed by atoms with Crippen LogP contribution < -0.4 is 11.1 Å². The second kappa shape index (κ2) is 8.67. The lowest BCUT2D eigenvalue weighted by molar-refractivity contribution is -0.131. The zero-order valence-corrected chi connectivity index (χ0v) is 15.3. The first-order chi connectivity index (χ1) is 11.0. The van der Waals surface area contributed by atoms with Crippen molar-refractivity contribution in [2.75, 3.05) is 52.4 Å². The first kappa shape index (κ1) is 18.2. The van der Waals surface area contributed by atoms with E-state index in [1.807, 2.05) is 4.90 Å². The highest BCUT2D eigenvalue weighted by Gasteiger charge is 2.26. The van der Waals surface area contributed by atoms with Gasteiger partial charge in [0, 0.05) is 68.4 Å². The van der Waals surface area contributed by atoms with Crippen LogP contribution in [0.1, 0.15) is 12.8 Å². The van der Waals surface area contributed by atoms with Gasteiger partial charge in [-0.1, -0.05) is 0 Å². The monoisotopic (exact) mass is 437 g/mol. The van der Waals surface area contributed by atoms with Crippen molar-refractivity contribution in [1.82, 2.24) is 20.0 Å². The largest absolute Gasteiger partial charge is 0.351 e. The lowest BCUT2D eigenvalue weighted by Gasteiger charge is -2.38. The van der Waals surface area contributed by atoms with Crippen molar-refractivity contribution in [2.24, 2.45) is 11.7 Å². The molecule has 0 unspecified atom stereocenters. The second-order valence-electron chi connectivity index (χ2n) is 6.08. The quantitative estimate of drug-likeness (QED) is 0.370. The van der Waals surface area contributed by atoms with E-state index in [-0.39, 0.29) is 22.4 Å². The Hall–Kier alpha value is -1.10. The fourth-order valence-electron chi connectivity index (χ4n) is 3.14. The number of halogens is 1. The number of hydrogen-bond donors (Lipinski definition) is 2. The summed E-state index contributed by atoms with van der Waals surface area (Å²) < 4.78 is -0.207. The van der Waals surface area contributed by atoms with Gasteiger partial charge in [-0.05, 0) is 18.8 Å². The zero-order chi connectivity index (χ0) is 16.8. The predicted molar refractivity (Wildman–Crippen MR) is 94.3 cm³/mol. The molecule has 0 atom stereocenters. The molecule has 23 heavy (non-hydrogen) atoms. The van der Waals surface area contributed by atoms with Crippen molar-refractivity contribution >= 4 is 38.4 Å². The third-order valence-electron chi connectivity index (χ3n) is 4.55. The van der Waals surface area contributed by atoms with Crippen molar-refractivity contribution < 1.29 is 14.4 Å². The number of nitrogens with zero attached hydrogens (tertiary/aromatic N) is 3. The topological polar surface area (TPSA) is 99.0 Å². The summed E-state index contributed by atoms with van der Waals surface area (Å²) in [6.07, 6.45) is 1.97. The SMILES string of the molecule is NC(=O)N1CCN(CC2CCN(C(=O)CNC(=O)I)CC2)CC1. The van der Waals surface area contributed by atoms with Crippen LogP contribution in [-0.2, 0) is 4.79 Å². The highest BCUT2D eigenvalue weighted by Crippen LogP contribution is 2.19. The molecule has 2 aliphatic rings. The molecule has 2 heterocycles. The van der Waals surface area contributed by atoms with E-state index >= 15 is 0 Å². The summed E-state index contributed by atoms with van der Waals surface area (Å²) in [6.45, 7) is 5.73. The number of nitrogens with two attached hydrogens (primary N) is 1. The number of carbonyl (C=O) groups is 3. The van der Waals surface area contributed by atoms with Crippen LogP contribution in [0.3, 0.4) is 0 Å². The van der Waals surface area contributed by atoms with Gasteiger partial charge in [-0.25, -0.2) is 4.79 Å². The Kier molecular flexibility index (Phi) is 6.88. The van der Waals surface area contributed by atoms with Crippen molar-refractivity contribution in [3.05, 3.63) is 0 Å². The Bertz CT molecular complexity index is 446. The Morgan fingerprint density at radius 3 is 2.13 bits per heavy atom. The number of hydrogen-bond acceptors (Lipinski definition) is 4. The van der Waals surface area contributed by atoms with Gasteiger partial charge >= 0.3 is 6.03 Å². The van der Waals surface area contributed by atoms with Crippen LogP contribution in [0.25, 0.3) is 0 Å². The van der Waals surface area contributed by atoms with Gasteiger partial charge in [0.25, 0.3) is 3.91 Å². The number of nitrogens with one attached hydrogen (secondary N) is 1. The van der Waals surface area contributed by atoms with Gasteiger partial charge in [-0.2, -0.15) is 0 Å². The van der Waals surface area contributed by atoms with Gasteiger partial charge in [-0.15, -0.1) is 0 Å². The molecule has 2 rings (SSSR count). The number of piperidine rings is 1. The highest BCUT2D eigenvalue weighted by atomic mass is 127. The molecule has 9 heteroatoms. The Morgan fingerprint density at radius 2 is 1.61 bits per heavy atom. The molecule has 2 aliphatic heterocycles. The molecule has 0 saturated carbocycles. The number of primary amides is 1. The molecule has 0 spiro atoms. The van der Waals surface area contributed by atoms with E-state index in [4.69, 9.17) is 5.73 Å². The van der Waals surface area contributed by atoms with E-state index in [0.717, 1.165) is 45.6 Å². The maximum absolute atomic E-state index is 11.9. The van der Waals surface area contributed by atoms with Gasteiger partial charge < -0.3 is 20.9 Å². The minimum Gasteiger partial charge on any atom is -0.351 e. The molecular formula is C14H24IN5O3. The van der Waals surface area contributed by atoms with E-state index in [0.29, 0.717) is 19.0 Å². The fourth-order valence-corrected chi connectivity index (χ4v) is 3.33. The minimum atomic E-state index is -0.338. The number of amides is 4. The van der Waals surface area contributed by atoms with Crippen molar-refractivity contribution in [3.63, 3.8) is 0 Å². The standard InChI is InChI=1S/C14H24IN5O3/c15-13(22)17-9-12(21)19-3-1-11(2-4-19)10-18-5-7-20(8-6-18)14(16)23/h11H,1-10H2,(H2,16,23)(H,17,22). The number of likely N-dealkylation sites (tertiary alicyclic amines) is 1. The summed E-state index contributed by atoms with van der Waals surface area (Å²) in [5.74, 6) is 0.571. The molecule has 0 aromatic rings. The van der Waals surface area contributed by atoms with Crippen LogP contribution in [0.2, 0.25) is 0 Å². The van der Waals surface area contributed by atoms with Gasteiger partial charge in [0.15, 0.2) is 0 Å². The van der Waals surface area contributed by atoms with Crippen LogP contribution in [0.4, 0.5) is 9.59 Å². The Labute approximate surface area is 149 Å². The summed E-state index contributed by atoms with van der Waals surface area (Å²) in [7, 11) is 0. The van der Waals surface area contributed by atoms with Gasteiger partial charge in [0.1, 0.15) is 0 Å². The molecule has 8 nitrogen and oxygen atoms in total. The maximum Gasteiger partial charge on any atom is 0.314 e. The van der Waals surface area contributed by atoms with Crippen molar-refractivity contribution in [1.29, 1.82) is 0 Å². The van der Waals surface area contributed by atoms with Gasteiger partial charge in [0.05, 0.1) is 6.54 Å². The Morgan fingerprint density at radius 1 is 1.00 bits per heavy atom. The molecule has 0 aromatic carbocycles. The molecule has 4 amide bonds. The van der Waals surface area contributed by atoms with Gasteiger partial charge in [-0.3, -0.25) is 14.5 Å². The summed E-state index contributed by atoms with van der Waals surface area (Å²) >= 11 is 1.63. The third kappa shape index (κ3) is 5.79. The molecule has 2 fully saturated rings. The lowest BCUT2D eigenvalue weighted by atomic mass is 9.96. The maximum atomic E-state index is 11.9. The molecule has 130 valence electrons. The van der Waals surface area contributed by atoms with E-state index in [2.05, 4.69) is 10.2 Å². The van der Waals surface area contributed by atoms with E-state index in [1.165, 1.54) is 0 Å². The number of rotatable bonds is 4. The van der Waals surface area contributed by atoms with Crippen LogP contribution in [0, 0.1) is 5.92 Å². The van der Waals surface area contributed by atoms with Crippen LogP contribution in [0.5, 0.6) is 0 Å². The van der Waals surface area contributed by atoms with Crippen molar-refractivity contribution in [2.45, 2.75) is 12.8 Å². The molecule has 0 aliphatic carbocycles. The van der Waals surface area contributed by atoms with Crippen molar-refractivity contribution in [3.8, 4) is 0 Å². The van der Waals surface area contributed by atoms with E-state index in [1.54, 1.807) is 27.5 Å². The normalized spacial score (nSPS) is 20.4. The third-order valence-corrected chi connectivity index (χ3v) is 4.93. The highest BCUT2D eigenvalue weighted by molar-refractivity contribution is 14.1. The molecule has 2 saturated heterocycles. The number of urea groups is 1. The first-order valence-corrected chi connectivity index (χ1v) is 9.01. The predicted octanol–water partition coefficient (Wildman–Crippen LogP) is 0.0659. The molecule has 3 N–H and O–H groups in total. The van der Waals surface area contributed by atoms with Crippen LogP contribution in [0.15, 0.2) is 0 Å². The number of carbonyl (C=O) groups excluding carboxylic acids is 3. The number of piperazine rings is 1. The minimum absolute atomic E-state index is 0.0106. The summed E-state index contributed by atoms with van der Waals surface area (Å²) in [5.41, 5.74) is 5.29. The smallest absolute Gasteiger partial charge is 0.314 e. The summed E-state index contributed by atoms with van der Waals surface area (Å²) in [4.78, 5) is 39.8. The van der Waals surface area contributed by atoms with Gasteiger partial charge in [0.2, 0.25) is 5.91 Å². The summed E-state index contributed by atoms with van der Waals surface area (Å²) in [5, 5.41) is 2.54. The second-order valence-corrected chi connectivity index (χ2v) is 7.06. The Balaban J connectivity index is 1.66. The molecular weight excluding hydrogens is 413 g/mol. The molecule has 0 bridgehead atoms. The fraction of sp³-hybridized carbons (Fsp3) is 0.786. The molecule has 0 radical (unpaired) electrons. The first-order valence-electron chi connectivity index (χ1n) is 7.93. The average molecular weight is 437 g/mol. The zero-order valence-electron chi connectivity index (χ0n) is 13.2. The van der Waals surface area contributed by atoms with Crippen LogP contribution >= 0.6 is 22.6 Å². The van der Waals surface area contributed by atoms with E-state index in [9.17, 15) is 14.4 Å².